The van der Waals surface area contributed by atoms with E-state index in [2.05, 4.69) is 0 Å². The molecule has 1 aliphatic heterocycles. The molecule has 6 heteroatoms. The molecule has 0 aromatic heterocycles. The van der Waals surface area contributed by atoms with Crippen LogP contribution in [0, 0.1) is 0 Å². The van der Waals surface area contributed by atoms with Crippen LogP contribution < -0.4 is 9.64 Å². The Morgan fingerprint density at radius 1 is 1.26 bits per heavy atom. The van der Waals surface area contributed by atoms with Crippen LogP contribution in [0.4, 0.5) is 5.69 Å². The zero-order valence-electron chi connectivity index (χ0n) is 15.5. The maximum absolute atomic E-state index is 13.1. The minimum atomic E-state index is -1.90. The number of hydrogen-bond acceptors (Lipinski definition) is 4. The number of hydrogen-bond donors (Lipinski definition) is 1. The van der Waals surface area contributed by atoms with Crippen LogP contribution in [0.5, 0.6) is 5.75 Å². The number of rotatable bonds is 6. The Balaban J connectivity index is 2.03. The lowest BCUT2D eigenvalue weighted by Crippen LogP contribution is -2.41. The Hall–Kier alpha value is -2.37. The minimum Gasteiger partial charge on any atom is -0.491 e. The second kappa shape index (κ2) is 7.33. The third-order valence-corrected chi connectivity index (χ3v) is 4.70. The van der Waals surface area contributed by atoms with Gasteiger partial charge < -0.3 is 14.7 Å². The first-order valence-electron chi connectivity index (χ1n) is 8.80. The SMILES string of the molecule is CC(=O)C[C@@]1(O)C(=O)N(Cc2ccccc2OC(C)C)c2ccc(Cl)cc21. The fourth-order valence-electron chi connectivity index (χ4n) is 3.38. The van der Waals surface area contributed by atoms with Crippen molar-refractivity contribution in [3.63, 3.8) is 0 Å². The largest absolute Gasteiger partial charge is 0.491 e. The third-order valence-electron chi connectivity index (χ3n) is 4.46. The van der Waals surface area contributed by atoms with E-state index in [1.165, 1.54) is 11.8 Å². The lowest BCUT2D eigenvalue weighted by molar-refractivity contribution is -0.141. The van der Waals surface area contributed by atoms with Crippen molar-refractivity contribution in [2.45, 2.75) is 45.4 Å². The predicted molar refractivity (Wildman–Crippen MR) is 104 cm³/mol. The van der Waals surface area contributed by atoms with Gasteiger partial charge in [0.2, 0.25) is 0 Å². The molecule has 0 fully saturated rings. The lowest BCUT2D eigenvalue weighted by Gasteiger charge is -2.23. The molecule has 1 N–H and O–H groups in total. The first-order chi connectivity index (χ1) is 12.7. The molecule has 0 radical (unpaired) electrons. The fraction of sp³-hybridized carbons (Fsp3) is 0.333. The van der Waals surface area contributed by atoms with E-state index in [1.54, 1.807) is 18.2 Å². The zero-order valence-corrected chi connectivity index (χ0v) is 16.3. The van der Waals surface area contributed by atoms with E-state index in [0.29, 0.717) is 22.0 Å². The van der Waals surface area contributed by atoms with Crippen molar-refractivity contribution in [3.8, 4) is 5.75 Å². The summed E-state index contributed by atoms with van der Waals surface area (Å²) in [6, 6.07) is 12.4. The number of para-hydroxylation sites is 1. The van der Waals surface area contributed by atoms with Crippen molar-refractivity contribution in [3.05, 3.63) is 58.6 Å². The fourth-order valence-corrected chi connectivity index (χ4v) is 3.56. The number of aliphatic hydroxyl groups is 1. The summed E-state index contributed by atoms with van der Waals surface area (Å²) in [5.74, 6) is -0.130. The number of ether oxygens (including phenoxy) is 1. The highest BCUT2D eigenvalue weighted by atomic mass is 35.5. The third kappa shape index (κ3) is 3.70. The van der Waals surface area contributed by atoms with Crippen LogP contribution in [0.15, 0.2) is 42.5 Å². The molecular weight excluding hydrogens is 366 g/mol. The number of nitrogens with zero attached hydrogens (tertiary/aromatic N) is 1. The van der Waals surface area contributed by atoms with Gasteiger partial charge in [-0.2, -0.15) is 0 Å². The van der Waals surface area contributed by atoms with Gasteiger partial charge in [-0.3, -0.25) is 9.59 Å². The van der Waals surface area contributed by atoms with Crippen molar-refractivity contribution in [2.75, 3.05) is 4.90 Å². The number of Topliss-reactive ketones (excluding diaryl/α,β-unsaturated/α-hetero) is 1. The highest BCUT2D eigenvalue weighted by Crippen LogP contribution is 2.44. The molecule has 0 aliphatic carbocycles. The van der Waals surface area contributed by atoms with Crippen LogP contribution in [0.3, 0.4) is 0 Å². The molecule has 1 aliphatic rings. The first kappa shape index (κ1) is 19.4. The first-order valence-corrected chi connectivity index (χ1v) is 9.18. The van der Waals surface area contributed by atoms with E-state index in [4.69, 9.17) is 16.3 Å². The van der Waals surface area contributed by atoms with Crippen LogP contribution in [0.1, 0.15) is 38.3 Å². The van der Waals surface area contributed by atoms with E-state index in [-0.39, 0.29) is 24.9 Å². The maximum Gasteiger partial charge on any atom is 0.264 e. The van der Waals surface area contributed by atoms with Crippen molar-refractivity contribution in [2.24, 2.45) is 0 Å². The summed E-state index contributed by atoms with van der Waals surface area (Å²) >= 11 is 6.08. The topological polar surface area (TPSA) is 66.8 Å². The van der Waals surface area contributed by atoms with Gasteiger partial charge in [-0.15, -0.1) is 0 Å². The van der Waals surface area contributed by atoms with Crippen LogP contribution in [0.2, 0.25) is 5.02 Å². The van der Waals surface area contributed by atoms with E-state index < -0.39 is 11.5 Å². The van der Waals surface area contributed by atoms with Gasteiger partial charge in [0.25, 0.3) is 5.91 Å². The Bertz CT molecular complexity index is 896. The van der Waals surface area contributed by atoms with Gasteiger partial charge in [-0.25, -0.2) is 0 Å². The molecule has 0 bridgehead atoms. The Morgan fingerprint density at radius 3 is 2.63 bits per heavy atom. The maximum atomic E-state index is 13.1. The molecule has 5 nitrogen and oxygen atoms in total. The van der Waals surface area contributed by atoms with Crippen LogP contribution in [-0.4, -0.2) is 22.9 Å². The van der Waals surface area contributed by atoms with E-state index in [9.17, 15) is 14.7 Å². The number of carbonyl (C=O) groups is 2. The molecule has 2 aromatic rings. The summed E-state index contributed by atoms with van der Waals surface area (Å²) in [7, 11) is 0. The summed E-state index contributed by atoms with van der Waals surface area (Å²) in [6.07, 6.45) is -0.305. The number of carbonyl (C=O) groups excluding carboxylic acids is 2. The van der Waals surface area contributed by atoms with E-state index in [0.717, 1.165) is 5.56 Å². The number of halogens is 1. The number of fused-ring (bicyclic) bond motifs is 1. The summed E-state index contributed by atoms with van der Waals surface area (Å²) in [5, 5.41) is 11.5. The average molecular weight is 388 g/mol. The van der Waals surface area contributed by atoms with Crippen molar-refractivity contribution < 1.29 is 19.4 Å². The summed E-state index contributed by atoms with van der Waals surface area (Å²) in [6.45, 7) is 5.43. The van der Waals surface area contributed by atoms with Gasteiger partial charge in [-0.05, 0) is 45.0 Å². The highest BCUT2D eigenvalue weighted by molar-refractivity contribution is 6.31. The number of anilines is 1. The molecule has 27 heavy (non-hydrogen) atoms. The van der Waals surface area contributed by atoms with Gasteiger partial charge in [0.1, 0.15) is 11.5 Å². The van der Waals surface area contributed by atoms with E-state index >= 15 is 0 Å². The number of amides is 1. The van der Waals surface area contributed by atoms with Gasteiger partial charge >= 0.3 is 0 Å². The van der Waals surface area contributed by atoms with Gasteiger partial charge in [-0.1, -0.05) is 29.8 Å². The summed E-state index contributed by atoms with van der Waals surface area (Å²) in [5.41, 5.74) is -0.183. The molecule has 142 valence electrons. The lowest BCUT2D eigenvalue weighted by atomic mass is 9.90. The molecule has 0 unspecified atom stereocenters. The van der Waals surface area contributed by atoms with Crippen LogP contribution in [0.25, 0.3) is 0 Å². The minimum absolute atomic E-state index is 0.0128. The molecule has 3 rings (SSSR count). The molecule has 0 saturated carbocycles. The molecule has 1 amide bonds. The second-order valence-corrected chi connectivity index (χ2v) is 7.50. The van der Waals surface area contributed by atoms with Gasteiger partial charge in [0.15, 0.2) is 5.60 Å². The van der Waals surface area contributed by atoms with Crippen molar-refractivity contribution >= 4 is 29.0 Å². The van der Waals surface area contributed by atoms with Gasteiger partial charge in [0.05, 0.1) is 18.3 Å². The monoisotopic (exact) mass is 387 g/mol. The molecule has 1 heterocycles. The highest BCUT2D eigenvalue weighted by Gasteiger charge is 2.50. The molecule has 0 saturated heterocycles. The normalized spacial score (nSPS) is 18.7. The molecule has 1 atom stereocenters. The summed E-state index contributed by atoms with van der Waals surface area (Å²) < 4.78 is 5.84. The van der Waals surface area contributed by atoms with E-state index in [1.807, 2.05) is 38.1 Å². The number of benzene rings is 2. The molecular formula is C21H22ClNO4. The Kier molecular flexibility index (Phi) is 5.27. The molecule has 2 aromatic carbocycles. The standard InChI is InChI=1S/C21H22ClNO4/c1-13(2)27-19-7-5-4-6-15(19)12-23-18-9-8-16(22)10-17(18)21(26,20(23)25)11-14(3)24/h4-10,13,26H,11-12H2,1-3H3/t21-/m0/s1. The van der Waals surface area contributed by atoms with Gasteiger partial charge in [0, 0.05) is 22.6 Å². The second-order valence-electron chi connectivity index (χ2n) is 7.07. The predicted octanol–water partition coefficient (Wildman–Crippen LogP) is 3.84. The smallest absolute Gasteiger partial charge is 0.264 e. The zero-order chi connectivity index (χ0) is 19.8. The van der Waals surface area contributed by atoms with Crippen molar-refractivity contribution in [1.82, 2.24) is 0 Å². The Labute approximate surface area is 163 Å². The quantitative estimate of drug-likeness (QED) is 0.817. The van der Waals surface area contributed by atoms with Crippen LogP contribution >= 0.6 is 11.6 Å². The Morgan fingerprint density at radius 2 is 1.96 bits per heavy atom. The number of ketones is 1. The molecule has 0 spiro atoms. The average Bonchev–Trinajstić information content (AvgIpc) is 2.77. The van der Waals surface area contributed by atoms with Crippen LogP contribution in [-0.2, 0) is 21.7 Å². The van der Waals surface area contributed by atoms with Crippen molar-refractivity contribution in [1.29, 1.82) is 0 Å². The summed E-state index contributed by atoms with van der Waals surface area (Å²) in [4.78, 5) is 26.3.